The minimum absolute atomic E-state index is 0.0106. The van der Waals surface area contributed by atoms with Crippen molar-refractivity contribution in [1.29, 1.82) is 0 Å². The van der Waals surface area contributed by atoms with Crippen LogP contribution in [0.2, 0.25) is 0 Å². The minimum atomic E-state index is -0.873. The number of carboxylic acid groups (broad SMARTS) is 1. The van der Waals surface area contributed by atoms with E-state index >= 15 is 0 Å². The Morgan fingerprint density at radius 3 is 2.67 bits per heavy atom. The number of urea groups is 1. The third-order valence-electron chi connectivity index (χ3n) is 3.17. The van der Waals surface area contributed by atoms with Crippen molar-refractivity contribution in [2.75, 3.05) is 6.54 Å². The monoisotopic (exact) mass is 256 g/mol. The highest BCUT2D eigenvalue weighted by molar-refractivity contribution is 5.75. The second-order valence-corrected chi connectivity index (χ2v) is 5.07. The molecule has 104 valence electrons. The molecule has 0 aromatic rings. The van der Waals surface area contributed by atoms with Crippen molar-refractivity contribution in [2.45, 2.75) is 57.9 Å². The van der Waals surface area contributed by atoms with Gasteiger partial charge in [-0.1, -0.05) is 26.2 Å². The highest BCUT2D eigenvalue weighted by Gasteiger charge is 2.20. The minimum Gasteiger partial charge on any atom is -0.481 e. The highest BCUT2D eigenvalue weighted by Crippen LogP contribution is 2.33. The average Bonchev–Trinajstić information content (AvgIpc) is 3.07. The van der Waals surface area contributed by atoms with Gasteiger partial charge in [0.25, 0.3) is 0 Å². The fraction of sp³-hybridized carbons (Fsp3) is 0.846. The Balaban J connectivity index is 2.11. The smallest absolute Gasteiger partial charge is 0.315 e. The summed E-state index contributed by atoms with van der Waals surface area (Å²) < 4.78 is 0. The van der Waals surface area contributed by atoms with Crippen molar-refractivity contribution >= 4 is 12.0 Å². The summed E-state index contributed by atoms with van der Waals surface area (Å²) in [6.45, 7) is 2.65. The van der Waals surface area contributed by atoms with E-state index in [1.54, 1.807) is 0 Å². The first-order valence-corrected chi connectivity index (χ1v) is 6.88. The number of carbonyl (C=O) groups is 2. The summed E-state index contributed by atoms with van der Waals surface area (Å²) >= 11 is 0. The van der Waals surface area contributed by atoms with E-state index in [1.165, 1.54) is 19.3 Å². The first-order chi connectivity index (χ1) is 8.61. The number of carboxylic acids is 1. The third kappa shape index (κ3) is 7.14. The predicted molar refractivity (Wildman–Crippen MR) is 69.4 cm³/mol. The van der Waals surface area contributed by atoms with Crippen molar-refractivity contribution in [3.05, 3.63) is 0 Å². The Kier molecular flexibility index (Phi) is 6.54. The van der Waals surface area contributed by atoms with Crippen LogP contribution in [0.5, 0.6) is 0 Å². The molecule has 0 radical (unpaired) electrons. The first-order valence-electron chi connectivity index (χ1n) is 6.88. The van der Waals surface area contributed by atoms with Gasteiger partial charge in [0.1, 0.15) is 0 Å². The molecule has 0 aliphatic heterocycles. The molecular weight excluding hydrogens is 232 g/mol. The van der Waals surface area contributed by atoms with Crippen LogP contribution in [0.15, 0.2) is 0 Å². The fourth-order valence-corrected chi connectivity index (χ4v) is 2.02. The molecule has 1 fully saturated rings. The van der Waals surface area contributed by atoms with E-state index in [2.05, 4.69) is 10.6 Å². The summed E-state index contributed by atoms with van der Waals surface area (Å²) in [7, 11) is 0. The van der Waals surface area contributed by atoms with Crippen LogP contribution in [0.25, 0.3) is 0 Å². The lowest BCUT2D eigenvalue weighted by Crippen LogP contribution is -2.43. The molecule has 2 amide bonds. The van der Waals surface area contributed by atoms with Crippen LogP contribution in [0.1, 0.15) is 51.9 Å². The molecule has 1 saturated carbocycles. The Morgan fingerprint density at radius 1 is 1.39 bits per heavy atom. The van der Waals surface area contributed by atoms with Gasteiger partial charge < -0.3 is 15.7 Å². The molecule has 1 rings (SSSR count). The van der Waals surface area contributed by atoms with Crippen LogP contribution >= 0.6 is 0 Å². The number of aliphatic carboxylic acids is 1. The van der Waals surface area contributed by atoms with Gasteiger partial charge in [-0.15, -0.1) is 0 Å². The van der Waals surface area contributed by atoms with Crippen molar-refractivity contribution in [3.8, 4) is 0 Å². The summed E-state index contributed by atoms with van der Waals surface area (Å²) in [4.78, 5) is 22.2. The third-order valence-corrected chi connectivity index (χ3v) is 3.17. The largest absolute Gasteiger partial charge is 0.481 e. The summed E-state index contributed by atoms with van der Waals surface area (Å²) in [6.07, 6.45) is 6.42. The molecule has 5 nitrogen and oxygen atoms in total. The second kappa shape index (κ2) is 7.95. The molecule has 0 saturated heterocycles. The van der Waals surface area contributed by atoms with Gasteiger partial charge in [0.15, 0.2) is 0 Å². The van der Waals surface area contributed by atoms with E-state index in [1.807, 2.05) is 6.92 Å². The van der Waals surface area contributed by atoms with E-state index < -0.39 is 5.97 Å². The van der Waals surface area contributed by atoms with Crippen LogP contribution in [0.3, 0.4) is 0 Å². The van der Waals surface area contributed by atoms with E-state index in [0.29, 0.717) is 13.0 Å². The van der Waals surface area contributed by atoms with Crippen LogP contribution in [0.4, 0.5) is 4.79 Å². The van der Waals surface area contributed by atoms with Gasteiger partial charge in [-0.3, -0.25) is 4.79 Å². The predicted octanol–water partition coefficient (Wildman–Crippen LogP) is 2.12. The molecule has 3 N–H and O–H groups in total. The molecular formula is C13H24N2O3. The molecule has 0 spiro atoms. The normalized spacial score (nSPS) is 16.1. The van der Waals surface area contributed by atoms with Gasteiger partial charge in [-0.25, -0.2) is 4.79 Å². The maximum Gasteiger partial charge on any atom is 0.315 e. The van der Waals surface area contributed by atoms with E-state index in [-0.39, 0.29) is 18.5 Å². The Labute approximate surface area is 108 Å². The lowest BCUT2D eigenvalue weighted by molar-refractivity contribution is -0.137. The summed E-state index contributed by atoms with van der Waals surface area (Å²) in [5.41, 5.74) is 0. The van der Waals surface area contributed by atoms with Crippen LogP contribution in [0, 0.1) is 5.92 Å². The maximum absolute atomic E-state index is 11.6. The molecule has 1 aliphatic carbocycles. The zero-order chi connectivity index (χ0) is 13.4. The van der Waals surface area contributed by atoms with Gasteiger partial charge in [-0.05, 0) is 25.2 Å². The Morgan fingerprint density at radius 2 is 2.11 bits per heavy atom. The molecule has 1 atom stereocenters. The number of hydrogen-bond acceptors (Lipinski definition) is 2. The number of carbonyl (C=O) groups excluding carboxylic acids is 1. The second-order valence-electron chi connectivity index (χ2n) is 5.07. The van der Waals surface area contributed by atoms with Gasteiger partial charge >= 0.3 is 12.0 Å². The summed E-state index contributed by atoms with van der Waals surface area (Å²) in [5, 5.41) is 14.2. The Bertz CT molecular complexity index is 277. The molecule has 0 aromatic heterocycles. The molecule has 1 unspecified atom stereocenters. The van der Waals surface area contributed by atoms with Crippen molar-refractivity contribution in [2.24, 2.45) is 5.92 Å². The number of hydrogen-bond donors (Lipinski definition) is 3. The van der Waals surface area contributed by atoms with Gasteiger partial charge in [-0.2, -0.15) is 0 Å². The first kappa shape index (κ1) is 14.8. The molecule has 0 aromatic carbocycles. The lowest BCUT2D eigenvalue weighted by Gasteiger charge is -2.16. The zero-order valence-electron chi connectivity index (χ0n) is 11.1. The Hall–Kier alpha value is -1.26. The number of amides is 2. The van der Waals surface area contributed by atoms with E-state index in [0.717, 1.165) is 18.8 Å². The van der Waals surface area contributed by atoms with Crippen molar-refractivity contribution < 1.29 is 14.7 Å². The van der Waals surface area contributed by atoms with E-state index in [4.69, 9.17) is 5.11 Å². The molecule has 18 heavy (non-hydrogen) atoms. The van der Waals surface area contributed by atoms with Gasteiger partial charge in [0, 0.05) is 12.6 Å². The number of nitrogens with one attached hydrogen (secondary N) is 2. The molecule has 0 heterocycles. The standard InChI is InChI=1S/C13H24N2O3/c1-2-4-11(9-12(16)17)15-13(18)14-8-3-5-10-6-7-10/h10-11H,2-9H2,1H3,(H,16,17)(H2,14,15,18). The highest BCUT2D eigenvalue weighted by atomic mass is 16.4. The SMILES string of the molecule is CCCC(CC(=O)O)NC(=O)NCCCC1CC1. The summed E-state index contributed by atoms with van der Waals surface area (Å²) in [6, 6.07) is -0.513. The van der Waals surface area contributed by atoms with Crippen molar-refractivity contribution in [3.63, 3.8) is 0 Å². The van der Waals surface area contributed by atoms with E-state index in [9.17, 15) is 9.59 Å². The van der Waals surface area contributed by atoms with Gasteiger partial charge in [0.05, 0.1) is 6.42 Å². The van der Waals surface area contributed by atoms with Crippen LogP contribution in [-0.4, -0.2) is 29.7 Å². The fourth-order valence-electron chi connectivity index (χ4n) is 2.02. The maximum atomic E-state index is 11.6. The summed E-state index contributed by atoms with van der Waals surface area (Å²) in [5.74, 6) is 0.0113. The van der Waals surface area contributed by atoms with Crippen LogP contribution in [-0.2, 0) is 4.79 Å². The topological polar surface area (TPSA) is 78.4 Å². The quantitative estimate of drug-likeness (QED) is 0.553. The van der Waals surface area contributed by atoms with Crippen LogP contribution < -0.4 is 10.6 Å². The number of rotatable bonds is 9. The van der Waals surface area contributed by atoms with Crippen molar-refractivity contribution in [1.82, 2.24) is 10.6 Å². The zero-order valence-corrected chi connectivity index (χ0v) is 11.1. The molecule has 5 heteroatoms. The molecule has 0 bridgehead atoms. The van der Waals surface area contributed by atoms with Gasteiger partial charge in [0.2, 0.25) is 0 Å². The molecule has 1 aliphatic rings. The average molecular weight is 256 g/mol. The lowest BCUT2D eigenvalue weighted by atomic mass is 10.1.